The summed E-state index contributed by atoms with van der Waals surface area (Å²) in [6.07, 6.45) is 3.18. The lowest BCUT2D eigenvalue weighted by Crippen LogP contribution is -2.10. The molecule has 0 bridgehead atoms. The van der Waals surface area contributed by atoms with E-state index < -0.39 is 0 Å². The lowest BCUT2D eigenvalue weighted by molar-refractivity contribution is 0.344. The van der Waals surface area contributed by atoms with Crippen LogP contribution in [0, 0.1) is 0 Å². The summed E-state index contributed by atoms with van der Waals surface area (Å²) in [6.45, 7) is 2.66. The predicted octanol–water partition coefficient (Wildman–Crippen LogP) is 1.89. The Bertz CT molecular complexity index is 734. The average Bonchev–Trinajstić information content (AvgIpc) is 3.19. The van der Waals surface area contributed by atoms with Crippen molar-refractivity contribution in [2.24, 2.45) is 0 Å². The smallest absolute Gasteiger partial charge is 0.315 e. The number of benzene rings is 1. The molecule has 8 nitrogen and oxygen atoms in total. The first-order valence-corrected chi connectivity index (χ1v) is 7.30. The summed E-state index contributed by atoms with van der Waals surface area (Å²) in [5, 5.41) is 15.3. The van der Waals surface area contributed by atoms with E-state index in [9.17, 15) is 0 Å². The number of aromatic nitrogens is 5. The van der Waals surface area contributed by atoms with E-state index in [-0.39, 0.29) is 6.04 Å². The van der Waals surface area contributed by atoms with Gasteiger partial charge in [0.15, 0.2) is 0 Å². The molecule has 1 N–H and O–H groups in total. The number of hydrogen-bond acceptors (Lipinski definition) is 7. The van der Waals surface area contributed by atoms with Crippen molar-refractivity contribution in [3.05, 3.63) is 48.4 Å². The fraction of sp³-hybridized carbons (Fsp3) is 0.333. The van der Waals surface area contributed by atoms with Crippen LogP contribution in [0.1, 0.15) is 24.4 Å². The summed E-state index contributed by atoms with van der Waals surface area (Å²) >= 11 is 0. The first-order chi connectivity index (χ1) is 11.1. The van der Waals surface area contributed by atoms with Crippen LogP contribution in [0.4, 0.5) is 6.01 Å². The third kappa shape index (κ3) is 3.72. The summed E-state index contributed by atoms with van der Waals surface area (Å²) in [4.78, 5) is 5.92. The van der Waals surface area contributed by atoms with Crippen LogP contribution in [-0.2, 0) is 6.54 Å². The van der Waals surface area contributed by atoms with Gasteiger partial charge in [0, 0.05) is 0 Å². The van der Waals surface area contributed by atoms with Gasteiger partial charge in [-0.15, -0.1) is 5.10 Å². The summed E-state index contributed by atoms with van der Waals surface area (Å²) in [5.41, 5.74) is 2.07. The number of rotatable bonds is 6. The Morgan fingerprint density at radius 3 is 2.65 bits per heavy atom. The molecular weight excluding hydrogens is 294 g/mol. The zero-order valence-electron chi connectivity index (χ0n) is 13.3. The first kappa shape index (κ1) is 15.2. The second-order valence-electron chi connectivity index (χ2n) is 5.54. The summed E-state index contributed by atoms with van der Waals surface area (Å²) < 4.78 is 7.29. The molecule has 0 saturated carbocycles. The molecule has 0 aliphatic heterocycles. The van der Waals surface area contributed by atoms with Gasteiger partial charge in [0.2, 0.25) is 5.89 Å². The fourth-order valence-electron chi connectivity index (χ4n) is 2.17. The molecule has 1 atom stereocenters. The fourth-order valence-corrected chi connectivity index (χ4v) is 2.17. The maximum atomic E-state index is 5.57. The van der Waals surface area contributed by atoms with E-state index in [1.165, 1.54) is 6.33 Å². The van der Waals surface area contributed by atoms with Gasteiger partial charge >= 0.3 is 6.01 Å². The van der Waals surface area contributed by atoms with E-state index in [1.807, 2.05) is 50.2 Å². The van der Waals surface area contributed by atoms with Crippen LogP contribution >= 0.6 is 0 Å². The van der Waals surface area contributed by atoms with Crippen molar-refractivity contribution in [1.29, 1.82) is 0 Å². The zero-order valence-corrected chi connectivity index (χ0v) is 13.3. The highest BCUT2D eigenvalue weighted by Crippen LogP contribution is 2.19. The SMILES string of the molecule is CC(Nc1nnc(CN(C)C)o1)c1ccc(-n2cncn2)cc1. The highest BCUT2D eigenvalue weighted by atomic mass is 16.4. The second kappa shape index (κ2) is 6.57. The van der Waals surface area contributed by atoms with Crippen molar-refractivity contribution in [1.82, 2.24) is 29.9 Å². The number of anilines is 1. The van der Waals surface area contributed by atoms with Crippen molar-refractivity contribution in [2.45, 2.75) is 19.5 Å². The standard InChI is InChI=1S/C15H19N7O/c1-11(18-15-20-19-14(23-15)8-21(2)3)12-4-6-13(7-5-12)22-10-16-9-17-22/h4-7,9-11H,8H2,1-3H3,(H,18,20). The average molecular weight is 313 g/mol. The summed E-state index contributed by atoms with van der Waals surface area (Å²) in [6, 6.07) is 8.53. The third-order valence-corrected chi connectivity index (χ3v) is 3.33. The van der Waals surface area contributed by atoms with Gasteiger partial charge in [-0.2, -0.15) is 5.10 Å². The van der Waals surface area contributed by atoms with Crippen molar-refractivity contribution in [2.75, 3.05) is 19.4 Å². The van der Waals surface area contributed by atoms with Crippen LogP contribution in [0.5, 0.6) is 0 Å². The van der Waals surface area contributed by atoms with E-state index in [2.05, 4.69) is 25.6 Å². The minimum absolute atomic E-state index is 0.0486. The van der Waals surface area contributed by atoms with E-state index >= 15 is 0 Å². The lowest BCUT2D eigenvalue weighted by Gasteiger charge is -2.12. The monoisotopic (exact) mass is 313 g/mol. The van der Waals surface area contributed by atoms with E-state index in [0.29, 0.717) is 18.5 Å². The molecule has 3 rings (SSSR count). The highest BCUT2D eigenvalue weighted by molar-refractivity contribution is 5.36. The zero-order chi connectivity index (χ0) is 16.2. The molecule has 23 heavy (non-hydrogen) atoms. The van der Waals surface area contributed by atoms with Gasteiger partial charge in [-0.05, 0) is 38.7 Å². The molecular formula is C15H19N7O. The molecule has 120 valence electrons. The largest absolute Gasteiger partial charge is 0.407 e. The minimum Gasteiger partial charge on any atom is -0.407 e. The minimum atomic E-state index is 0.0486. The van der Waals surface area contributed by atoms with Crippen molar-refractivity contribution in [3.63, 3.8) is 0 Å². The van der Waals surface area contributed by atoms with Gasteiger partial charge in [0.1, 0.15) is 12.7 Å². The lowest BCUT2D eigenvalue weighted by atomic mass is 10.1. The van der Waals surface area contributed by atoms with Gasteiger partial charge in [-0.1, -0.05) is 17.2 Å². The molecule has 3 aromatic rings. The van der Waals surface area contributed by atoms with Crippen molar-refractivity contribution >= 4 is 6.01 Å². The van der Waals surface area contributed by atoms with Crippen LogP contribution in [0.25, 0.3) is 5.69 Å². The third-order valence-electron chi connectivity index (χ3n) is 3.33. The van der Waals surface area contributed by atoms with E-state index in [4.69, 9.17) is 4.42 Å². The van der Waals surface area contributed by atoms with Gasteiger partial charge in [0.05, 0.1) is 18.3 Å². The molecule has 0 aliphatic rings. The van der Waals surface area contributed by atoms with Crippen LogP contribution in [0.15, 0.2) is 41.3 Å². The van der Waals surface area contributed by atoms with Crippen LogP contribution in [-0.4, -0.2) is 44.0 Å². The molecule has 0 saturated heterocycles. The normalized spacial score (nSPS) is 12.5. The van der Waals surface area contributed by atoms with Crippen LogP contribution in [0.3, 0.4) is 0 Å². The van der Waals surface area contributed by atoms with Crippen LogP contribution < -0.4 is 5.32 Å². The van der Waals surface area contributed by atoms with E-state index in [0.717, 1.165) is 11.3 Å². The summed E-state index contributed by atoms with van der Waals surface area (Å²) in [7, 11) is 3.91. The van der Waals surface area contributed by atoms with Crippen molar-refractivity contribution < 1.29 is 4.42 Å². The maximum Gasteiger partial charge on any atom is 0.315 e. The van der Waals surface area contributed by atoms with Gasteiger partial charge in [-0.3, -0.25) is 0 Å². The Hall–Kier alpha value is -2.74. The molecule has 2 heterocycles. The van der Waals surface area contributed by atoms with E-state index in [1.54, 1.807) is 11.0 Å². The molecule has 1 unspecified atom stereocenters. The summed E-state index contributed by atoms with van der Waals surface area (Å²) in [5.74, 6) is 0.589. The molecule has 0 amide bonds. The number of nitrogens with one attached hydrogen (secondary N) is 1. The highest BCUT2D eigenvalue weighted by Gasteiger charge is 2.11. The quantitative estimate of drug-likeness (QED) is 0.743. The Balaban J connectivity index is 1.66. The topological polar surface area (TPSA) is 84.9 Å². The molecule has 0 radical (unpaired) electrons. The molecule has 8 heteroatoms. The molecule has 0 spiro atoms. The molecule has 2 aromatic heterocycles. The Labute approximate surface area is 134 Å². The Kier molecular flexibility index (Phi) is 4.33. The van der Waals surface area contributed by atoms with Crippen LogP contribution in [0.2, 0.25) is 0 Å². The molecule has 1 aromatic carbocycles. The second-order valence-corrected chi connectivity index (χ2v) is 5.54. The molecule has 0 fully saturated rings. The predicted molar refractivity (Wildman–Crippen MR) is 85.1 cm³/mol. The van der Waals surface area contributed by atoms with Gasteiger partial charge < -0.3 is 14.6 Å². The van der Waals surface area contributed by atoms with Gasteiger partial charge in [0.25, 0.3) is 0 Å². The molecule has 0 aliphatic carbocycles. The Morgan fingerprint density at radius 2 is 2.00 bits per heavy atom. The van der Waals surface area contributed by atoms with Crippen molar-refractivity contribution in [3.8, 4) is 5.69 Å². The number of hydrogen-bond donors (Lipinski definition) is 1. The first-order valence-electron chi connectivity index (χ1n) is 7.30. The van der Waals surface area contributed by atoms with Gasteiger partial charge in [-0.25, -0.2) is 9.67 Å². The number of nitrogens with zero attached hydrogens (tertiary/aromatic N) is 6. The maximum absolute atomic E-state index is 5.57. The Morgan fingerprint density at radius 1 is 1.22 bits per heavy atom.